The van der Waals surface area contributed by atoms with Gasteiger partial charge in [-0.1, -0.05) is 29.8 Å². The molecule has 25 heavy (non-hydrogen) atoms. The molecule has 0 spiro atoms. The van der Waals surface area contributed by atoms with Gasteiger partial charge in [0.25, 0.3) is 5.91 Å². The van der Waals surface area contributed by atoms with Gasteiger partial charge in [0.15, 0.2) is 0 Å². The SMILES string of the molecule is C/C(=N/NC(=O)c1cccc(C)c1)c1ccc(NC(=O)C2CC2)cc1. The zero-order valence-corrected chi connectivity index (χ0v) is 14.4. The molecule has 2 N–H and O–H groups in total. The van der Waals surface area contributed by atoms with Crippen LogP contribution in [0, 0.1) is 12.8 Å². The summed E-state index contributed by atoms with van der Waals surface area (Å²) in [7, 11) is 0. The van der Waals surface area contributed by atoms with Gasteiger partial charge in [0.05, 0.1) is 5.71 Å². The van der Waals surface area contributed by atoms with Crippen LogP contribution in [0.5, 0.6) is 0 Å². The topological polar surface area (TPSA) is 70.6 Å². The average Bonchev–Trinajstić information content (AvgIpc) is 3.45. The Morgan fingerprint density at radius 3 is 2.40 bits per heavy atom. The third-order valence-electron chi connectivity index (χ3n) is 4.12. The summed E-state index contributed by atoms with van der Waals surface area (Å²) >= 11 is 0. The molecule has 2 amide bonds. The van der Waals surface area contributed by atoms with Crippen LogP contribution >= 0.6 is 0 Å². The first-order chi connectivity index (χ1) is 12.0. The molecule has 3 rings (SSSR count). The lowest BCUT2D eigenvalue weighted by atomic mass is 10.1. The number of benzene rings is 2. The Kier molecular flexibility index (Phi) is 4.93. The normalized spacial score (nSPS) is 14.1. The molecule has 1 aliphatic carbocycles. The van der Waals surface area contributed by atoms with Gasteiger partial charge in [-0.3, -0.25) is 9.59 Å². The Morgan fingerprint density at radius 1 is 1.04 bits per heavy atom. The number of nitrogens with zero attached hydrogens (tertiary/aromatic N) is 1. The lowest BCUT2D eigenvalue weighted by molar-refractivity contribution is -0.117. The third kappa shape index (κ3) is 4.53. The monoisotopic (exact) mass is 335 g/mol. The first-order valence-corrected chi connectivity index (χ1v) is 8.35. The van der Waals surface area contributed by atoms with Crippen LogP contribution < -0.4 is 10.7 Å². The van der Waals surface area contributed by atoms with Gasteiger partial charge in [0.2, 0.25) is 5.91 Å². The van der Waals surface area contributed by atoms with E-state index in [1.54, 1.807) is 6.07 Å². The Hall–Kier alpha value is -2.95. The van der Waals surface area contributed by atoms with E-state index in [0.29, 0.717) is 11.3 Å². The van der Waals surface area contributed by atoms with Crippen molar-refractivity contribution in [2.45, 2.75) is 26.7 Å². The summed E-state index contributed by atoms with van der Waals surface area (Å²) in [6, 6.07) is 14.8. The van der Waals surface area contributed by atoms with Crippen molar-refractivity contribution in [1.29, 1.82) is 0 Å². The van der Waals surface area contributed by atoms with E-state index in [2.05, 4.69) is 15.8 Å². The number of hydrogen-bond donors (Lipinski definition) is 2. The number of rotatable bonds is 5. The Balaban J connectivity index is 1.61. The van der Waals surface area contributed by atoms with Crippen molar-refractivity contribution in [1.82, 2.24) is 5.43 Å². The van der Waals surface area contributed by atoms with E-state index in [9.17, 15) is 9.59 Å². The lowest BCUT2D eigenvalue weighted by Crippen LogP contribution is -2.19. The van der Waals surface area contributed by atoms with E-state index in [-0.39, 0.29) is 17.7 Å². The minimum atomic E-state index is -0.239. The van der Waals surface area contributed by atoms with Crippen LogP contribution in [-0.2, 0) is 4.79 Å². The van der Waals surface area contributed by atoms with E-state index in [1.807, 2.05) is 56.3 Å². The minimum Gasteiger partial charge on any atom is -0.326 e. The number of nitrogens with one attached hydrogen (secondary N) is 2. The third-order valence-corrected chi connectivity index (χ3v) is 4.12. The number of hydrazone groups is 1. The second-order valence-electron chi connectivity index (χ2n) is 6.35. The van der Waals surface area contributed by atoms with Crippen molar-refractivity contribution < 1.29 is 9.59 Å². The molecule has 0 heterocycles. The predicted molar refractivity (Wildman–Crippen MR) is 98.7 cm³/mol. The number of carbonyl (C=O) groups is 2. The van der Waals surface area contributed by atoms with Crippen molar-refractivity contribution in [3.05, 3.63) is 65.2 Å². The molecule has 2 aromatic rings. The maximum atomic E-state index is 12.1. The van der Waals surface area contributed by atoms with Gasteiger partial charge < -0.3 is 5.32 Å². The van der Waals surface area contributed by atoms with Gasteiger partial charge in [-0.25, -0.2) is 5.43 Å². The summed E-state index contributed by atoms with van der Waals surface area (Å²) < 4.78 is 0. The van der Waals surface area contributed by atoms with Crippen molar-refractivity contribution in [3.8, 4) is 0 Å². The van der Waals surface area contributed by atoms with Crippen molar-refractivity contribution >= 4 is 23.2 Å². The van der Waals surface area contributed by atoms with Gasteiger partial charge >= 0.3 is 0 Å². The minimum absolute atomic E-state index is 0.0866. The summed E-state index contributed by atoms with van der Waals surface area (Å²) in [6.07, 6.45) is 1.96. The predicted octanol–water partition coefficient (Wildman–Crippen LogP) is 3.50. The fourth-order valence-electron chi connectivity index (χ4n) is 2.43. The number of carbonyl (C=O) groups excluding carboxylic acids is 2. The summed E-state index contributed by atoms with van der Waals surface area (Å²) in [6.45, 7) is 3.77. The molecule has 0 aromatic heterocycles. The second-order valence-corrected chi connectivity index (χ2v) is 6.35. The fraction of sp³-hybridized carbons (Fsp3) is 0.250. The molecule has 1 saturated carbocycles. The molecule has 1 aliphatic rings. The molecule has 5 heteroatoms. The Morgan fingerprint density at radius 2 is 1.76 bits per heavy atom. The molecule has 0 radical (unpaired) electrons. The van der Waals surface area contributed by atoms with E-state index < -0.39 is 0 Å². The highest BCUT2D eigenvalue weighted by molar-refractivity contribution is 6.01. The fourth-order valence-corrected chi connectivity index (χ4v) is 2.43. The van der Waals surface area contributed by atoms with E-state index >= 15 is 0 Å². The number of hydrogen-bond acceptors (Lipinski definition) is 3. The number of amides is 2. The quantitative estimate of drug-likeness (QED) is 0.648. The molecular weight excluding hydrogens is 314 g/mol. The van der Waals surface area contributed by atoms with Crippen LogP contribution in [-0.4, -0.2) is 17.5 Å². The van der Waals surface area contributed by atoms with Gasteiger partial charge in [-0.05, 0) is 56.5 Å². The first kappa shape index (κ1) is 16.9. The van der Waals surface area contributed by atoms with E-state index in [4.69, 9.17) is 0 Å². The molecule has 0 atom stereocenters. The van der Waals surface area contributed by atoms with Crippen molar-refractivity contribution in [3.63, 3.8) is 0 Å². The maximum absolute atomic E-state index is 12.1. The highest BCUT2D eigenvalue weighted by atomic mass is 16.2. The molecule has 0 aliphatic heterocycles. The van der Waals surface area contributed by atoms with Crippen LogP contribution in [0.3, 0.4) is 0 Å². The molecular formula is C20H21N3O2. The van der Waals surface area contributed by atoms with Gasteiger partial charge in [-0.2, -0.15) is 5.10 Å². The second kappa shape index (κ2) is 7.30. The molecule has 128 valence electrons. The molecule has 5 nitrogen and oxygen atoms in total. The lowest BCUT2D eigenvalue weighted by Gasteiger charge is -2.06. The molecule has 1 fully saturated rings. The zero-order chi connectivity index (χ0) is 17.8. The average molecular weight is 335 g/mol. The standard InChI is InChI=1S/C20H21N3O2/c1-13-4-3-5-17(12-13)20(25)23-22-14(2)15-8-10-18(11-9-15)21-19(24)16-6-7-16/h3-5,8-12,16H,6-7H2,1-2H3,(H,21,24)(H,23,25)/b22-14-. The molecule has 0 unspecified atom stereocenters. The summed E-state index contributed by atoms with van der Waals surface area (Å²) in [5, 5.41) is 7.06. The van der Waals surface area contributed by atoms with Crippen LogP contribution in [0.2, 0.25) is 0 Å². The van der Waals surface area contributed by atoms with Crippen LogP contribution in [0.4, 0.5) is 5.69 Å². The highest BCUT2D eigenvalue weighted by Crippen LogP contribution is 2.30. The molecule has 0 saturated heterocycles. The molecule has 0 bridgehead atoms. The highest BCUT2D eigenvalue weighted by Gasteiger charge is 2.29. The van der Waals surface area contributed by atoms with Crippen molar-refractivity contribution in [2.24, 2.45) is 11.0 Å². The molecule has 2 aromatic carbocycles. The zero-order valence-electron chi connectivity index (χ0n) is 14.4. The Labute approximate surface area is 147 Å². The van der Waals surface area contributed by atoms with Gasteiger partial charge in [0.1, 0.15) is 0 Å². The van der Waals surface area contributed by atoms with E-state index in [1.165, 1.54) is 0 Å². The van der Waals surface area contributed by atoms with Crippen molar-refractivity contribution in [2.75, 3.05) is 5.32 Å². The number of anilines is 1. The van der Waals surface area contributed by atoms with Crippen LogP contribution in [0.25, 0.3) is 0 Å². The summed E-state index contributed by atoms with van der Waals surface area (Å²) in [5.74, 6) is 0.0275. The Bertz CT molecular complexity index is 821. The van der Waals surface area contributed by atoms with Gasteiger partial charge in [0, 0.05) is 17.2 Å². The first-order valence-electron chi connectivity index (χ1n) is 8.35. The largest absolute Gasteiger partial charge is 0.326 e. The van der Waals surface area contributed by atoms with Crippen LogP contribution in [0.1, 0.15) is 41.3 Å². The maximum Gasteiger partial charge on any atom is 0.271 e. The summed E-state index contributed by atoms with van der Waals surface area (Å²) in [5.41, 5.74) is 6.53. The summed E-state index contributed by atoms with van der Waals surface area (Å²) in [4.78, 5) is 23.9. The van der Waals surface area contributed by atoms with E-state index in [0.717, 1.165) is 29.7 Å². The van der Waals surface area contributed by atoms with Crippen LogP contribution in [0.15, 0.2) is 53.6 Å². The van der Waals surface area contributed by atoms with Gasteiger partial charge in [-0.15, -0.1) is 0 Å². The smallest absolute Gasteiger partial charge is 0.271 e. The number of aryl methyl sites for hydroxylation is 1.